The van der Waals surface area contributed by atoms with E-state index in [0.717, 1.165) is 17.4 Å². The molecule has 0 unspecified atom stereocenters. The first-order chi connectivity index (χ1) is 7.88. The molecular weight excluding hydrogens is 198 g/mol. The number of hydrogen-bond donors (Lipinski definition) is 0. The fourth-order valence-electron chi connectivity index (χ4n) is 1.40. The number of aldehydes is 1. The van der Waals surface area contributed by atoms with Crippen LogP contribution in [0.25, 0.3) is 12.2 Å². The van der Waals surface area contributed by atoms with Gasteiger partial charge in [0.25, 0.3) is 0 Å². The molecule has 0 aliphatic carbocycles. The minimum Gasteiger partial charge on any atom is -0.298 e. The van der Waals surface area contributed by atoms with Gasteiger partial charge >= 0.3 is 0 Å². The molecule has 78 valence electrons. The zero-order valence-electron chi connectivity index (χ0n) is 8.71. The Morgan fingerprint density at radius 3 is 2.44 bits per heavy atom. The van der Waals surface area contributed by atoms with Crippen LogP contribution in [0.15, 0.2) is 48.8 Å². The topological polar surface area (TPSA) is 30.0 Å². The fourth-order valence-corrected chi connectivity index (χ4v) is 1.40. The van der Waals surface area contributed by atoms with Crippen molar-refractivity contribution in [3.05, 3.63) is 65.5 Å². The molecule has 0 bridgehead atoms. The molecular formula is C14H11NO. The molecule has 0 N–H and O–H groups in total. The van der Waals surface area contributed by atoms with Crippen LogP contribution in [0.2, 0.25) is 0 Å². The molecule has 0 saturated heterocycles. The molecule has 0 amide bonds. The third-order valence-electron chi connectivity index (χ3n) is 2.20. The number of hydrogen-bond acceptors (Lipinski definition) is 2. The number of carbonyl (C=O) groups is 1. The minimum atomic E-state index is 0.688. The van der Waals surface area contributed by atoms with Crippen LogP contribution in [0.3, 0.4) is 0 Å². The maximum Gasteiger partial charge on any atom is 0.150 e. The van der Waals surface area contributed by atoms with Crippen LogP contribution in [0.5, 0.6) is 0 Å². The maximum atomic E-state index is 10.6. The van der Waals surface area contributed by atoms with Crippen LogP contribution >= 0.6 is 0 Å². The lowest BCUT2D eigenvalue weighted by molar-refractivity contribution is 0.112. The Bertz CT molecular complexity index is 503. The normalized spacial score (nSPS) is 10.5. The molecule has 2 rings (SSSR count). The lowest BCUT2D eigenvalue weighted by Gasteiger charge is -1.95. The molecule has 0 fully saturated rings. The Morgan fingerprint density at radius 1 is 0.938 bits per heavy atom. The number of aromatic nitrogens is 1. The van der Waals surface area contributed by atoms with Gasteiger partial charge in [-0.25, -0.2) is 0 Å². The highest BCUT2D eigenvalue weighted by Crippen LogP contribution is 2.08. The smallest absolute Gasteiger partial charge is 0.150 e. The van der Waals surface area contributed by atoms with E-state index in [9.17, 15) is 4.79 Å². The second kappa shape index (κ2) is 5.03. The van der Waals surface area contributed by atoms with Crippen LogP contribution in [-0.2, 0) is 0 Å². The molecule has 2 heteroatoms. The van der Waals surface area contributed by atoms with Crippen LogP contribution < -0.4 is 0 Å². The number of nitrogens with zero attached hydrogens (tertiary/aromatic N) is 1. The lowest BCUT2D eigenvalue weighted by Crippen LogP contribution is -1.80. The first kappa shape index (κ1) is 10.3. The number of carbonyl (C=O) groups excluding carboxylic acids is 1. The van der Waals surface area contributed by atoms with Crippen LogP contribution in [0, 0.1) is 0 Å². The van der Waals surface area contributed by atoms with E-state index in [1.165, 1.54) is 0 Å². The fraction of sp³-hybridized carbons (Fsp3) is 0. The average molecular weight is 209 g/mol. The number of benzene rings is 1. The van der Waals surface area contributed by atoms with Crippen LogP contribution in [0.1, 0.15) is 21.5 Å². The highest BCUT2D eigenvalue weighted by Gasteiger charge is 1.91. The molecule has 0 radical (unpaired) electrons. The summed E-state index contributed by atoms with van der Waals surface area (Å²) in [5.74, 6) is 0. The molecule has 2 aromatic rings. The molecule has 0 aliphatic rings. The van der Waals surface area contributed by atoms with E-state index < -0.39 is 0 Å². The highest BCUT2D eigenvalue weighted by atomic mass is 16.1. The van der Waals surface area contributed by atoms with Gasteiger partial charge in [0.2, 0.25) is 0 Å². The monoisotopic (exact) mass is 209 g/mol. The molecule has 2 nitrogen and oxygen atoms in total. The molecule has 1 heterocycles. The van der Waals surface area contributed by atoms with E-state index in [-0.39, 0.29) is 0 Å². The molecule has 0 saturated carbocycles. The Balaban J connectivity index is 2.20. The summed E-state index contributed by atoms with van der Waals surface area (Å²) in [5, 5.41) is 0. The Hall–Kier alpha value is -2.22. The Kier molecular flexibility index (Phi) is 3.24. The quantitative estimate of drug-likeness (QED) is 0.727. The summed E-state index contributed by atoms with van der Waals surface area (Å²) in [6.07, 6.45) is 8.31. The van der Waals surface area contributed by atoms with Gasteiger partial charge in [-0.15, -0.1) is 0 Å². The van der Waals surface area contributed by atoms with Crippen molar-refractivity contribution in [2.75, 3.05) is 0 Å². The predicted molar refractivity (Wildman–Crippen MR) is 65.0 cm³/mol. The van der Waals surface area contributed by atoms with Crippen molar-refractivity contribution in [1.29, 1.82) is 0 Å². The SMILES string of the molecule is O=Cc1cccc(/C=C/c2cccnc2)c1. The van der Waals surface area contributed by atoms with Gasteiger partial charge in [-0.05, 0) is 23.3 Å². The van der Waals surface area contributed by atoms with Crippen molar-refractivity contribution in [3.63, 3.8) is 0 Å². The zero-order valence-corrected chi connectivity index (χ0v) is 8.71. The van der Waals surface area contributed by atoms with Crippen molar-refractivity contribution in [3.8, 4) is 0 Å². The van der Waals surface area contributed by atoms with Crippen molar-refractivity contribution < 1.29 is 4.79 Å². The van der Waals surface area contributed by atoms with Gasteiger partial charge in [0.05, 0.1) is 0 Å². The average Bonchev–Trinajstić information content (AvgIpc) is 2.38. The summed E-state index contributed by atoms with van der Waals surface area (Å²) in [4.78, 5) is 14.6. The lowest BCUT2D eigenvalue weighted by atomic mass is 10.1. The Morgan fingerprint density at radius 2 is 1.69 bits per heavy atom. The second-order valence-corrected chi connectivity index (χ2v) is 3.41. The van der Waals surface area contributed by atoms with Gasteiger partial charge in [-0.2, -0.15) is 0 Å². The van der Waals surface area contributed by atoms with Crippen molar-refractivity contribution in [1.82, 2.24) is 4.98 Å². The van der Waals surface area contributed by atoms with E-state index in [2.05, 4.69) is 4.98 Å². The largest absolute Gasteiger partial charge is 0.298 e. The van der Waals surface area contributed by atoms with E-state index in [1.54, 1.807) is 18.5 Å². The zero-order chi connectivity index (χ0) is 11.2. The highest BCUT2D eigenvalue weighted by molar-refractivity contribution is 5.78. The van der Waals surface area contributed by atoms with Crippen molar-refractivity contribution in [2.24, 2.45) is 0 Å². The first-order valence-corrected chi connectivity index (χ1v) is 5.02. The predicted octanol–water partition coefficient (Wildman–Crippen LogP) is 3.06. The molecule has 1 aromatic carbocycles. The number of pyridine rings is 1. The molecule has 1 aromatic heterocycles. The summed E-state index contributed by atoms with van der Waals surface area (Å²) < 4.78 is 0. The third-order valence-corrected chi connectivity index (χ3v) is 2.20. The van der Waals surface area contributed by atoms with Gasteiger partial charge in [-0.1, -0.05) is 36.4 Å². The van der Waals surface area contributed by atoms with E-state index in [0.29, 0.717) is 5.56 Å². The number of rotatable bonds is 3. The van der Waals surface area contributed by atoms with Crippen molar-refractivity contribution in [2.45, 2.75) is 0 Å². The molecule has 16 heavy (non-hydrogen) atoms. The first-order valence-electron chi connectivity index (χ1n) is 5.02. The van der Waals surface area contributed by atoms with Crippen molar-refractivity contribution >= 4 is 18.4 Å². The van der Waals surface area contributed by atoms with E-state index in [1.807, 2.05) is 42.5 Å². The van der Waals surface area contributed by atoms with Gasteiger partial charge in [-0.3, -0.25) is 9.78 Å². The summed E-state index contributed by atoms with van der Waals surface area (Å²) >= 11 is 0. The molecule has 0 atom stereocenters. The summed E-state index contributed by atoms with van der Waals surface area (Å²) in [5.41, 5.74) is 2.74. The van der Waals surface area contributed by atoms with Gasteiger partial charge in [0.1, 0.15) is 6.29 Å². The standard InChI is InChI=1S/C14H11NO/c16-11-14-4-1-3-12(9-14)6-7-13-5-2-8-15-10-13/h1-11H/b7-6+. The third kappa shape index (κ3) is 2.64. The minimum absolute atomic E-state index is 0.688. The molecule has 0 spiro atoms. The molecule has 0 aliphatic heterocycles. The summed E-state index contributed by atoms with van der Waals surface area (Å²) in [6.45, 7) is 0. The second-order valence-electron chi connectivity index (χ2n) is 3.41. The van der Waals surface area contributed by atoms with Gasteiger partial charge in [0.15, 0.2) is 0 Å². The van der Waals surface area contributed by atoms with Gasteiger partial charge in [0, 0.05) is 18.0 Å². The van der Waals surface area contributed by atoms with E-state index in [4.69, 9.17) is 0 Å². The summed E-state index contributed by atoms with van der Waals surface area (Å²) in [6, 6.07) is 11.3. The summed E-state index contributed by atoms with van der Waals surface area (Å²) in [7, 11) is 0. The maximum absolute atomic E-state index is 10.6. The van der Waals surface area contributed by atoms with Gasteiger partial charge < -0.3 is 0 Å². The van der Waals surface area contributed by atoms with Crippen LogP contribution in [0.4, 0.5) is 0 Å². The van der Waals surface area contributed by atoms with Crippen LogP contribution in [-0.4, -0.2) is 11.3 Å². The Labute approximate surface area is 94.3 Å². The van der Waals surface area contributed by atoms with E-state index >= 15 is 0 Å².